The van der Waals surface area contributed by atoms with Crippen LogP contribution in [0.4, 0.5) is 5.69 Å². The Morgan fingerprint density at radius 3 is 2.50 bits per heavy atom. The van der Waals surface area contributed by atoms with Crippen molar-refractivity contribution in [3.63, 3.8) is 0 Å². The topological polar surface area (TPSA) is 69.2 Å². The van der Waals surface area contributed by atoms with Gasteiger partial charge in [-0.2, -0.15) is 10.2 Å². The van der Waals surface area contributed by atoms with Crippen LogP contribution in [-0.4, -0.2) is 41.2 Å². The maximum absolute atomic E-state index is 9.33. The van der Waals surface area contributed by atoms with E-state index in [0.717, 1.165) is 37.4 Å². The van der Waals surface area contributed by atoms with Crippen LogP contribution in [0.2, 0.25) is 5.02 Å². The third-order valence-corrected chi connectivity index (χ3v) is 5.38. The van der Waals surface area contributed by atoms with Gasteiger partial charge in [0.05, 0.1) is 17.3 Å². The fourth-order valence-corrected chi connectivity index (χ4v) is 3.60. The zero-order chi connectivity index (χ0) is 19.5. The number of hydrogen-bond acceptors (Lipinski definition) is 6. The summed E-state index contributed by atoms with van der Waals surface area (Å²) in [6, 6.07) is 17.4. The largest absolute Gasteiger partial charge is 0.368 e. The number of aromatic nitrogens is 2. The van der Waals surface area contributed by atoms with Crippen LogP contribution in [0.15, 0.2) is 53.1 Å². The van der Waals surface area contributed by atoms with E-state index < -0.39 is 0 Å². The molecular formula is C21H20ClN5O. The summed E-state index contributed by atoms with van der Waals surface area (Å²) < 4.78 is 5.52. The SMILES string of the molecule is CC(c1nc(-c2ccc(Cl)cc2)no1)N1CCN(c2ccccc2C#N)CC1. The Morgan fingerprint density at radius 1 is 1.07 bits per heavy atom. The molecule has 1 saturated heterocycles. The molecule has 0 radical (unpaired) electrons. The molecule has 6 nitrogen and oxygen atoms in total. The molecule has 0 spiro atoms. The quantitative estimate of drug-likeness (QED) is 0.663. The van der Waals surface area contributed by atoms with E-state index in [1.165, 1.54) is 0 Å². The smallest absolute Gasteiger partial charge is 0.244 e. The Kier molecular flexibility index (Phi) is 5.29. The van der Waals surface area contributed by atoms with E-state index in [-0.39, 0.29) is 6.04 Å². The lowest BCUT2D eigenvalue weighted by Crippen LogP contribution is -2.47. The van der Waals surface area contributed by atoms with E-state index in [2.05, 4.69) is 32.9 Å². The number of halogens is 1. The third-order valence-electron chi connectivity index (χ3n) is 5.13. The first-order chi connectivity index (χ1) is 13.7. The minimum atomic E-state index is 0.0295. The molecule has 7 heteroatoms. The number of nitrogens with zero attached hydrogens (tertiary/aromatic N) is 5. The fraction of sp³-hybridized carbons (Fsp3) is 0.286. The average Bonchev–Trinajstić information content (AvgIpc) is 3.24. The number of piperazine rings is 1. The molecule has 1 unspecified atom stereocenters. The van der Waals surface area contributed by atoms with Crippen LogP contribution >= 0.6 is 11.6 Å². The summed E-state index contributed by atoms with van der Waals surface area (Å²) in [4.78, 5) is 9.15. The molecule has 1 aromatic heterocycles. The molecule has 2 aromatic carbocycles. The van der Waals surface area contributed by atoms with Gasteiger partial charge in [0.2, 0.25) is 11.7 Å². The normalized spacial score (nSPS) is 16.0. The minimum absolute atomic E-state index is 0.0295. The lowest BCUT2D eigenvalue weighted by molar-refractivity contribution is 0.164. The second kappa shape index (κ2) is 8.01. The van der Waals surface area contributed by atoms with E-state index in [9.17, 15) is 5.26 Å². The van der Waals surface area contributed by atoms with Crippen LogP contribution in [0.3, 0.4) is 0 Å². The monoisotopic (exact) mass is 393 g/mol. The Bertz CT molecular complexity index is 987. The van der Waals surface area contributed by atoms with Crippen LogP contribution in [-0.2, 0) is 0 Å². The number of nitriles is 1. The van der Waals surface area contributed by atoms with Crippen molar-refractivity contribution in [1.29, 1.82) is 5.26 Å². The summed E-state index contributed by atoms with van der Waals surface area (Å²) in [5.74, 6) is 1.18. The standard InChI is InChI=1S/C21H20ClN5O/c1-15(21-24-20(25-28-21)16-6-8-18(22)9-7-16)26-10-12-27(13-11-26)19-5-3-2-4-17(19)14-23/h2-9,15H,10-13H2,1H3. The van der Waals surface area contributed by atoms with Gasteiger partial charge in [0.15, 0.2) is 0 Å². The molecule has 0 amide bonds. The molecule has 0 saturated carbocycles. The van der Waals surface area contributed by atoms with Gasteiger partial charge in [-0.1, -0.05) is 28.9 Å². The van der Waals surface area contributed by atoms with Crippen molar-refractivity contribution in [2.75, 3.05) is 31.1 Å². The molecule has 28 heavy (non-hydrogen) atoms. The first-order valence-electron chi connectivity index (χ1n) is 9.23. The molecule has 4 rings (SSSR count). The molecule has 0 bridgehead atoms. The molecule has 1 atom stereocenters. The van der Waals surface area contributed by atoms with Gasteiger partial charge in [-0.05, 0) is 43.3 Å². The zero-order valence-electron chi connectivity index (χ0n) is 15.5. The molecule has 142 valence electrons. The fourth-order valence-electron chi connectivity index (χ4n) is 3.47. The highest BCUT2D eigenvalue weighted by Crippen LogP contribution is 2.26. The number of benzene rings is 2. The van der Waals surface area contributed by atoms with Crippen LogP contribution < -0.4 is 4.90 Å². The van der Waals surface area contributed by atoms with Gasteiger partial charge in [0.1, 0.15) is 6.07 Å². The van der Waals surface area contributed by atoms with E-state index in [1.54, 1.807) is 0 Å². The lowest BCUT2D eigenvalue weighted by Gasteiger charge is -2.38. The number of anilines is 1. The highest BCUT2D eigenvalue weighted by atomic mass is 35.5. The van der Waals surface area contributed by atoms with E-state index in [0.29, 0.717) is 22.3 Å². The average molecular weight is 394 g/mol. The highest BCUT2D eigenvalue weighted by Gasteiger charge is 2.26. The summed E-state index contributed by atoms with van der Waals surface area (Å²) >= 11 is 5.94. The van der Waals surface area contributed by atoms with Crippen molar-refractivity contribution in [3.05, 3.63) is 65.0 Å². The van der Waals surface area contributed by atoms with Gasteiger partial charge in [-0.25, -0.2) is 0 Å². The Morgan fingerprint density at radius 2 is 1.79 bits per heavy atom. The lowest BCUT2D eigenvalue weighted by atomic mass is 10.1. The summed E-state index contributed by atoms with van der Waals surface area (Å²) in [5.41, 5.74) is 2.60. The third kappa shape index (κ3) is 3.72. The second-order valence-electron chi connectivity index (χ2n) is 6.79. The van der Waals surface area contributed by atoms with Gasteiger partial charge in [-0.3, -0.25) is 4.90 Å². The van der Waals surface area contributed by atoms with E-state index in [1.807, 2.05) is 48.5 Å². The predicted molar refractivity (Wildman–Crippen MR) is 108 cm³/mol. The van der Waals surface area contributed by atoms with Gasteiger partial charge >= 0.3 is 0 Å². The van der Waals surface area contributed by atoms with Crippen molar-refractivity contribution >= 4 is 17.3 Å². The van der Waals surface area contributed by atoms with Crippen LogP contribution in [0, 0.1) is 11.3 Å². The number of hydrogen-bond donors (Lipinski definition) is 0. The Balaban J connectivity index is 1.42. The van der Waals surface area contributed by atoms with Crippen molar-refractivity contribution in [2.45, 2.75) is 13.0 Å². The number of para-hydroxylation sites is 1. The number of rotatable bonds is 4. The molecule has 0 aliphatic carbocycles. The van der Waals surface area contributed by atoms with E-state index >= 15 is 0 Å². The Hall–Kier alpha value is -2.88. The first-order valence-corrected chi connectivity index (χ1v) is 9.61. The highest BCUT2D eigenvalue weighted by molar-refractivity contribution is 6.30. The maximum atomic E-state index is 9.33. The molecule has 0 N–H and O–H groups in total. The van der Waals surface area contributed by atoms with Crippen LogP contribution in [0.25, 0.3) is 11.4 Å². The maximum Gasteiger partial charge on any atom is 0.244 e. The zero-order valence-corrected chi connectivity index (χ0v) is 16.3. The second-order valence-corrected chi connectivity index (χ2v) is 7.23. The van der Waals surface area contributed by atoms with Crippen molar-refractivity contribution < 1.29 is 4.52 Å². The molecule has 1 fully saturated rings. The Labute approximate surface area is 168 Å². The molecule has 2 heterocycles. The van der Waals surface area contributed by atoms with Gasteiger partial charge in [0.25, 0.3) is 0 Å². The summed E-state index contributed by atoms with van der Waals surface area (Å²) in [6.45, 7) is 5.50. The first kappa shape index (κ1) is 18.5. The van der Waals surface area contributed by atoms with Gasteiger partial charge in [-0.15, -0.1) is 0 Å². The van der Waals surface area contributed by atoms with Crippen LogP contribution in [0.1, 0.15) is 24.4 Å². The summed E-state index contributed by atoms with van der Waals surface area (Å²) in [7, 11) is 0. The van der Waals surface area contributed by atoms with Gasteiger partial charge in [0, 0.05) is 36.8 Å². The van der Waals surface area contributed by atoms with Crippen molar-refractivity contribution in [2.24, 2.45) is 0 Å². The van der Waals surface area contributed by atoms with Crippen LogP contribution in [0.5, 0.6) is 0 Å². The molecule has 1 aliphatic heterocycles. The summed E-state index contributed by atoms with van der Waals surface area (Å²) in [6.07, 6.45) is 0. The molecule has 1 aliphatic rings. The predicted octanol–water partition coefficient (Wildman–Crippen LogP) is 4.14. The minimum Gasteiger partial charge on any atom is -0.368 e. The van der Waals surface area contributed by atoms with Crippen molar-refractivity contribution in [3.8, 4) is 17.5 Å². The molecule has 3 aromatic rings. The van der Waals surface area contributed by atoms with Gasteiger partial charge < -0.3 is 9.42 Å². The summed E-state index contributed by atoms with van der Waals surface area (Å²) in [5, 5.41) is 14.1. The van der Waals surface area contributed by atoms with Crippen molar-refractivity contribution in [1.82, 2.24) is 15.0 Å². The molecular weight excluding hydrogens is 374 g/mol. The van der Waals surface area contributed by atoms with E-state index in [4.69, 9.17) is 16.1 Å².